The van der Waals surface area contributed by atoms with Crippen LogP contribution in [0.5, 0.6) is 0 Å². The van der Waals surface area contributed by atoms with Gasteiger partial charge in [0.1, 0.15) is 0 Å². The van der Waals surface area contributed by atoms with Gasteiger partial charge in [-0.1, -0.05) is 36.4 Å². The van der Waals surface area contributed by atoms with Crippen molar-refractivity contribution >= 4 is 5.97 Å². The Kier molecular flexibility index (Phi) is 4.87. The molecule has 0 unspecified atom stereocenters. The smallest absolute Gasteiger partial charge is 0.335 e. The Bertz CT molecular complexity index is 596. The summed E-state index contributed by atoms with van der Waals surface area (Å²) in [6.45, 7) is 1.31. The number of carboxylic acids is 1. The van der Waals surface area contributed by atoms with Gasteiger partial charge < -0.3 is 15.5 Å². The van der Waals surface area contributed by atoms with E-state index in [4.69, 9.17) is 10.2 Å². The molecule has 0 aliphatic rings. The number of aliphatic hydroxyl groups excluding tert-OH is 1. The average molecular weight is 271 g/mol. The summed E-state index contributed by atoms with van der Waals surface area (Å²) in [5.41, 5.74) is 3.21. The second kappa shape index (κ2) is 6.84. The van der Waals surface area contributed by atoms with Gasteiger partial charge in [-0.2, -0.15) is 0 Å². The van der Waals surface area contributed by atoms with Crippen LogP contribution in [0, 0.1) is 0 Å². The third-order valence-electron chi connectivity index (χ3n) is 3.01. The highest BCUT2D eigenvalue weighted by Crippen LogP contribution is 2.07. The molecule has 0 aromatic heterocycles. The molecule has 4 heteroatoms. The van der Waals surface area contributed by atoms with Gasteiger partial charge in [-0.15, -0.1) is 0 Å². The molecule has 2 aromatic rings. The fourth-order valence-corrected chi connectivity index (χ4v) is 2.00. The lowest BCUT2D eigenvalue weighted by Gasteiger charge is -2.07. The molecule has 20 heavy (non-hydrogen) atoms. The number of carbonyl (C=O) groups is 1. The van der Waals surface area contributed by atoms with Gasteiger partial charge >= 0.3 is 5.97 Å². The lowest BCUT2D eigenvalue weighted by molar-refractivity contribution is 0.0696. The largest absolute Gasteiger partial charge is 0.478 e. The highest BCUT2D eigenvalue weighted by Gasteiger charge is 2.03. The monoisotopic (exact) mass is 271 g/mol. The molecule has 0 aliphatic heterocycles. The second-order valence-electron chi connectivity index (χ2n) is 4.59. The van der Waals surface area contributed by atoms with Crippen molar-refractivity contribution in [1.82, 2.24) is 5.32 Å². The van der Waals surface area contributed by atoms with Crippen molar-refractivity contribution in [2.75, 3.05) is 0 Å². The minimum Gasteiger partial charge on any atom is -0.478 e. The van der Waals surface area contributed by atoms with Crippen molar-refractivity contribution in [3.8, 4) is 0 Å². The van der Waals surface area contributed by atoms with Crippen molar-refractivity contribution in [2.24, 2.45) is 0 Å². The second-order valence-corrected chi connectivity index (χ2v) is 4.59. The van der Waals surface area contributed by atoms with Crippen LogP contribution < -0.4 is 5.32 Å². The molecule has 0 heterocycles. The van der Waals surface area contributed by atoms with Gasteiger partial charge in [0, 0.05) is 13.1 Å². The number of rotatable bonds is 6. The lowest BCUT2D eigenvalue weighted by Crippen LogP contribution is -2.13. The van der Waals surface area contributed by atoms with Gasteiger partial charge in [-0.3, -0.25) is 0 Å². The molecule has 4 nitrogen and oxygen atoms in total. The molecule has 0 radical (unpaired) electrons. The summed E-state index contributed by atoms with van der Waals surface area (Å²) in [6, 6.07) is 14.6. The molecule has 0 aliphatic carbocycles. The molecule has 0 saturated heterocycles. The molecule has 3 N–H and O–H groups in total. The average Bonchev–Trinajstić information content (AvgIpc) is 2.48. The van der Waals surface area contributed by atoms with E-state index < -0.39 is 5.97 Å². The summed E-state index contributed by atoms with van der Waals surface area (Å²) in [7, 11) is 0. The van der Waals surface area contributed by atoms with E-state index in [1.165, 1.54) is 0 Å². The minimum atomic E-state index is -0.914. The summed E-state index contributed by atoms with van der Waals surface area (Å²) in [5.74, 6) is -0.914. The number of carboxylic acid groups (broad SMARTS) is 1. The summed E-state index contributed by atoms with van der Waals surface area (Å²) in [6.07, 6.45) is 0. The van der Waals surface area contributed by atoms with Crippen LogP contribution in [0.4, 0.5) is 0 Å². The maximum Gasteiger partial charge on any atom is 0.335 e. The van der Waals surface area contributed by atoms with Crippen molar-refractivity contribution in [3.05, 3.63) is 70.8 Å². The number of benzene rings is 2. The van der Waals surface area contributed by atoms with Crippen LogP contribution >= 0.6 is 0 Å². The zero-order valence-corrected chi connectivity index (χ0v) is 11.0. The lowest BCUT2D eigenvalue weighted by atomic mass is 10.1. The van der Waals surface area contributed by atoms with Crippen molar-refractivity contribution in [1.29, 1.82) is 0 Å². The molecule has 0 saturated carbocycles. The Hall–Kier alpha value is -2.17. The summed E-state index contributed by atoms with van der Waals surface area (Å²) < 4.78 is 0. The molecule has 0 bridgehead atoms. The van der Waals surface area contributed by atoms with Crippen LogP contribution in [-0.4, -0.2) is 16.2 Å². The van der Waals surface area contributed by atoms with Crippen LogP contribution in [0.3, 0.4) is 0 Å². The number of nitrogens with one attached hydrogen (secondary N) is 1. The van der Waals surface area contributed by atoms with Gasteiger partial charge in [-0.25, -0.2) is 4.79 Å². The summed E-state index contributed by atoms with van der Waals surface area (Å²) in [5, 5.41) is 21.3. The topological polar surface area (TPSA) is 69.6 Å². The van der Waals surface area contributed by atoms with Crippen molar-refractivity contribution in [3.63, 3.8) is 0 Å². The Morgan fingerprint density at radius 2 is 1.55 bits per heavy atom. The van der Waals surface area contributed by atoms with E-state index in [0.717, 1.165) is 16.7 Å². The van der Waals surface area contributed by atoms with Gasteiger partial charge in [0.05, 0.1) is 12.2 Å². The predicted octanol–water partition coefficient (Wildman–Crippen LogP) is 2.17. The van der Waals surface area contributed by atoms with Crippen LogP contribution in [0.2, 0.25) is 0 Å². The van der Waals surface area contributed by atoms with Gasteiger partial charge in [0.2, 0.25) is 0 Å². The molecular formula is C16H17NO3. The number of hydrogen-bond donors (Lipinski definition) is 3. The molecule has 2 aromatic carbocycles. The molecule has 0 fully saturated rings. The van der Waals surface area contributed by atoms with Gasteiger partial charge in [0.15, 0.2) is 0 Å². The standard InChI is InChI=1S/C16H17NO3/c18-11-14-5-1-3-12(7-14)9-17-10-13-4-2-6-15(8-13)16(19)20/h1-8,17-18H,9-11H2,(H,19,20). The van der Waals surface area contributed by atoms with E-state index in [1.807, 2.05) is 30.3 Å². The molecule has 0 atom stereocenters. The Labute approximate surface area is 117 Å². The molecule has 0 amide bonds. The Balaban J connectivity index is 1.92. The first-order valence-electron chi connectivity index (χ1n) is 6.40. The molecular weight excluding hydrogens is 254 g/mol. The van der Waals surface area contributed by atoms with Gasteiger partial charge in [0.25, 0.3) is 0 Å². The highest BCUT2D eigenvalue weighted by molar-refractivity contribution is 5.87. The van der Waals surface area contributed by atoms with Gasteiger partial charge in [-0.05, 0) is 28.8 Å². The number of hydrogen-bond acceptors (Lipinski definition) is 3. The Morgan fingerprint density at radius 3 is 2.20 bits per heavy atom. The fraction of sp³-hybridized carbons (Fsp3) is 0.188. The maximum absolute atomic E-state index is 10.9. The SMILES string of the molecule is O=C(O)c1cccc(CNCc2cccc(CO)c2)c1. The van der Waals surface area contributed by atoms with E-state index in [0.29, 0.717) is 18.7 Å². The zero-order valence-electron chi connectivity index (χ0n) is 11.0. The molecule has 0 spiro atoms. The maximum atomic E-state index is 10.9. The normalized spacial score (nSPS) is 10.4. The van der Waals surface area contributed by atoms with Crippen LogP contribution in [0.15, 0.2) is 48.5 Å². The first kappa shape index (κ1) is 14.2. The predicted molar refractivity (Wildman–Crippen MR) is 76.3 cm³/mol. The molecule has 2 rings (SSSR count). The Morgan fingerprint density at radius 1 is 0.950 bits per heavy atom. The van der Waals surface area contributed by atoms with E-state index in [9.17, 15) is 4.79 Å². The van der Waals surface area contributed by atoms with E-state index in [2.05, 4.69) is 5.32 Å². The van der Waals surface area contributed by atoms with Crippen molar-refractivity contribution in [2.45, 2.75) is 19.7 Å². The number of aliphatic hydroxyl groups is 1. The summed E-state index contributed by atoms with van der Waals surface area (Å²) >= 11 is 0. The zero-order chi connectivity index (χ0) is 14.4. The first-order chi connectivity index (χ1) is 9.69. The first-order valence-corrected chi connectivity index (χ1v) is 6.40. The van der Waals surface area contributed by atoms with Crippen molar-refractivity contribution < 1.29 is 15.0 Å². The van der Waals surface area contributed by atoms with E-state index in [-0.39, 0.29) is 6.61 Å². The molecule has 104 valence electrons. The fourth-order valence-electron chi connectivity index (χ4n) is 2.00. The minimum absolute atomic E-state index is 0.0362. The van der Waals surface area contributed by atoms with Crippen LogP contribution in [-0.2, 0) is 19.7 Å². The third kappa shape index (κ3) is 3.91. The number of aromatic carboxylic acids is 1. The highest BCUT2D eigenvalue weighted by atomic mass is 16.4. The van der Waals surface area contributed by atoms with Crippen LogP contribution in [0.25, 0.3) is 0 Å². The van der Waals surface area contributed by atoms with E-state index in [1.54, 1.807) is 18.2 Å². The third-order valence-corrected chi connectivity index (χ3v) is 3.01. The van der Waals surface area contributed by atoms with E-state index >= 15 is 0 Å². The van der Waals surface area contributed by atoms with Crippen LogP contribution in [0.1, 0.15) is 27.0 Å². The quantitative estimate of drug-likeness (QED) is 0.753. The summed E-state index contributed by atoms with van der Waals surface area (Å²) in [4.78, 5) is 10.9.